The highest BCUT2D eigenvalue weighted by Gasteiger charge is 2.20. The molecule has 28 heavy (non-hydrogen) atoms. The van der Waals surface area contributed by atoms with Crippen molar-refractivity contribution in [1.29, 1.82) is 0 Å². The Morgan fingerprint density at radius 1 is 1.04 bits per heavy atom. The van der Waals surface area contributed by atoms with E-state index in [0.29, 0.717) is 28.9 Å². The average Bonchev–Trinajstić information content (AvgIpc) is 2.70. The molecule has 0 saturated carbocycles. The van der Waals surface area contributed by atoms with Crippen LogP contribution >= 0.6 is 23.2 Å². The number of hydrogen-bond donors (Lipinski definition) is 1. The van der Waals surface area contributed by atoms with Crippen molar-refractivity contribution in [3.63, 3.8) is 0 Å². The van der Waals surface area contributed by atoms with Crippen molar-refractivity contribution >= 4 is 34.8 Å². The summed E-state index contributed by atoms with van der Waals surface area (Å²) in [5.74, 6) is 0.793. The largest absolute Gasteiger partial charge is 0.492 e. The summed E-state index contributed by atoms with van der Waals surface area (Å²) in [6, 6.07) is 13.4. The second-order valence-electron chi connectivity index (χ2n) is 6.88. The second-order valence-corrected chi connectivity index (χ2v) is 7.67. The molecule has 1 aliphatic rings. The topological polar surface area (TPSA) is 44.8 Å². The predicted octanol–water partition coefficient (Wildman–Crippen LogP) is 3.94. The van der Waals surface area contributed by atoms with E-state index in [-0.39, 0.29) is 5.91 Å². The van der Waals surface area contributed by atoms with Gasteiger partial charge in [0.1, 0.15) is 12.4 Å². The van der Waals surface area contributed by atoms with Gasteiger partial charge in [-0.25, -0.2) is 0 Å². The van der Waals surface area contributed by atoms with Crippen LogP contribution in [0.5, 0.6) is 5.75 Å². The molecule has 2 aromatic rings. The molecule has 1 fully saturated rings. The minimum Gasteiger partial charge on any atom is -0.492 e. The van der Waals surface area contributed by atoms with E-state index in [9.17, 15) is 4.79 Å². The Bertz CT molecular complexity index is 794. The Kier molecular flexibility index (Phi) is 7.57. The summed E-state index contributed by atoms with van der Waals surface area (Å²) in [7, 11) is 0. The van der Waals surface area contributed by atoms with Crippen LogP contribution in [0.4, 0.5) is 5.69 Å². The van der Waals surface area contributed by atoms with Crippen LogP contribution in [0.2, 0.25) is 10.0 Å². The number of hydrogen-bond acceptors (Lipinski definition) is 4. The van der Waals surface area contributed by atoms with Crippen LogP contribution in [0, 0.1) is 6.92 Å². The maximum Gasteiger partial charge on any atom is 0.238 e. The van der Waals surface area contributed by atoms with Gasteiger partial charge in [0.2, 0.25) is 5.91 Å². The standard InChI is InChI=1S/C21H25Cl2N3O2/c1-16-7-8-18(22)21(20(16)23)24-19(27)15-26-11-9-25(10-12-26)13-14-28-17-5-3-2-4-6-17/h2-8H,9-15H2,1H3,(H,24,27). The zero-order valence-corrected chi connectivity index (χ0v) is 17.5. The second kappa shape index (κ2) is 10.1. The van der Waals surface area contributed by atoms with Gasteiger partial charge in [-0.15, -0.1) is 0 Å². The van der Waals surface area contributed by atoms with Gasteiger partial charge < -0.3 is 10.1 Å². The molecule has 150 valence electrons. The lowest BCUT2D eigenvalue weighted by Gasteiger charge is -2.34. The van der Waals surface area contributed by atoms with Crippen molar-refractivity contribution < 1.29 is 9.53 Å². The number of rotatable bonds is 7. The molecule has 0 bridgehead atoms. The number of aryl methyl sites for hydroxylation is 1. The minimum atomic E-state index is -0.102. The Labute approximate surface area is 176 Å². The number of piperazine rings is 1. The molecule has 0 radical (unpaired) electrons. The third-order valence-corrected chi connectivity index (χ3v) is 5.60. The fourth-order valence-corrected chi connectivity index (χ4v) is 3.60. The summed E-state index contributed by atoms with van der Waals surface area (Å²) in [6.45, 7) is 7.26. The van der Waals surface area contributed by atoms with E-state index in [2.05, 4.69) is 15.1 Å². The van der Waals surface area contributed by atoms with Crippen LogP contribution < -0.4 is 10.1 Å². The maximum absolute atomic E-state index is 12.4. The minimum absolute atomic E-state index is 0.102. The monoisotopic (exact) mass is 421 g/mol. The third-order valence-electron chi connectivity index (χ3n) is 4.80. The summed E-state index contributed by atoms with van der Waals surface area (Å²) in [4.78, 5) is 16.9. The molecule has 3 rings (SSSR count). The Hall–Kier alpha value is -1.79. The molecular formula is C21H25Cl2N3O2. The van der Waals surface area contributed by atoms with Gasteiger partial charge in [-0.3, -0.25) is 14.6 Å². The summed E-state index contributed by atoms with van der Waals surface area (Å²) >= 11 is 12.4. The molecule has 0 aromatic heterocycles. The summed E-state index contributed by atoms with van der Waals surface area (Å²) in [6.07, 6.45) is 0. The molecule has 7 heteroatoms. The number of halogens is 2. The van der Waals surface area contributed by atoms with Crippen molar-refractivity contribution in [2.75, 3.05) is 51.2 Å². The van der Waals surface area contributed by atoms with Crippen LogP contribution in [0.1, 0.15) is 5.56 Å². The molecular weight excluding hydrogens is 397 g/mol. The van der Waals surface area contributed by atoms with E-state index < -0.39 is 0 Å². The van der Waals surface area contributed by atoms with Crippen LogP contribution in [0.25, 0.3) is 0 Å². The van der Waals surface area contributed by atoms with E-state index in [0.717, 1.165) is 44.0 Å². The van der Waals surface area contributed by atoms with E-state index >= 15 is 0 Å². The summed E-state index contributed by atoms with van der Waals surface area (Å²) in [5.41, 5.74) is 1.37. The van der Waals surface area contributed by atoms with Crippen LogP contribution in [0.15, 0.2) is 42.5 Å². The summed E-state index contributed by atoms with van der Waals surface area (Å²) in [5, 5.41) is 3.79. The predicted molar refractivity (Wildman–Crippen MR) is 115 cm³/mol. The third kappa shape index (κ3) is 5.85. The quantitative estimate of drug-likeness (QED) is 0.735. The number of nitrogens with one attached hydrogen (secondary N) is 1. The van der Waals surface area contributed by atoms with Crippen LogP contribution in [-0.2, 0) is 4.79 Å². The SMILES string of the molecule is Cc1ccc(Cl)c(NC(=O)CN2CCN(CCOc3ccccc3)CC2)c1Cl. The highest BCUT2D eigenvalue weighted by molar-refractivity contribution is 6.40. The Morgan fingerprint density at radius 3 is 2.43 bits per heavy atom. The number of benzene rings is 2. The van der Waals surface area contributed by atoms with Crippen LogP contribution in [0.3, 0.4) is 0 Å². The molecule has 1 N–H and O–H groups in total. The molecule has 5 nitrogen and oxygen atoms in total. The van der Waals surface area contributed by atoms with E-state index in [1.165, 1.54) is 0 Å². The highest BCUT2D eigenvalue weighted by Crippen LogP contribution is 2.32. The van der Waals surface area contributed by atoms with Crippen molar-refractivity contribution in [2.45, 2.75) is 6.92 Å². The van der Waals surface area contributed by atoms with Gasteiger partial charge in [-0.05, 0) is 30.7 Å². The number of carbonyl (C=O) groups excluding carboxylic acids is 1. The zero-order valence-electron chi connectivity index (χ0n) is 16.0. The Morgan fingerprint density at radius 2 is 1.71 bits per heavy atom. The molecule has 0 unspecified atom stereocenters. The lowest BCUT2D eigenvalue weighted by Crippen LogP contribution is -2.49. The molecule has 0 aliphatic carbocycles. The van der Waals surface area contributed by atoms with Gasteiger partial charge in [0, 0.05) is 32.7 Å². The van der Waals surface area contributed by atoms with Crippen LogP contribution in [-0.4, -0.2) is 61.6 Å². The zero-order chi connectivity index (χ0) is 19.9. The molecule has 1 aliphatic heterocycles. The smallest absolute Gasteiger partial charge is 0.238 e. The van der Waals surface area contributed by atoms with E-state index in [1.54, 1.807) is 6.07 Å². The lowest BCUT2D eigenvalue weighted by molar-refractivity contribution is -0.117. The van der Waals surface area contributed by atoms with Crippen molar-refractivity contribution in [1.82, 2.24) is 9.80 Å². The molecule has 1 saturated heterocycles. The highest BCUT2D eigenvalue weighted by atomic mass is 35.5. The van der Waals surface area contributed by atoms with Gasteiger partial charge >= 0.3 is 0 Å². The molecule has 1 amide bonds. The first kappa shape index (κ1) is 20.9. The number of ether oxygens (including phenoxy) is 1. The number of para-hydroxylation sites is 1. The van der Waals surface area contributed by atoms with Gasteiger partial charge in [0.15, 0.2) is 0 Å². The average molecular weight is 422 g/mol. The van der Waals surface area contributed by atoms with Crippen molar-refractivity contribution in [3.05, 3.63) is 58.1 Å². The number of anilines is 1. The Balaban J connectivity index is 1.39. The maximum atomic E-state index is 12.4. The van der Waals surface area contributed by atoms with E-state index in [4.69, 9.17) is 27.9 Å². The molecule has 1 heterocycles. The van der Waals surface area contributed by atoms with Gasteiger partial charge in [-0.1, -0.05) is 47.5 Å². The fourth-order valence-electron chi connectivity index (χ4n) is 3.13. The molecule has 2 aromatic carbocycles. The summed E-state index contributed by atoms with van der Waals surface area (Å²) < 4.78 is 5.75. The number of nitrogens with zero attached hydrogens (tertiary/aromatic N) is 2. The normalized spacial score (nSPS) is 15.4. The first-order valence-electron chi connectivity index (χ1n) is 9.40. The van der Waals surface area contributed by atoms with E-state index in [1.807, 2.05) is 43.3 Å². The van der Waals surface area contributed by atoms with Gasteiger partial charge in [-0.2, -0.15) is 0 Å². The van der Waals surface area contributed by atoms with Gasteiger partial charge in [0.25, 0.3) is 0 Å². The lowest BCUT2D eigenvalue weighted by atomic mass is 10.2. The van der Waals surface area contributed by atoms with Crippen molar-refractivity contribution in [2.24, 2.45) is 0 Å². The van der Waals surface area contributed by atoms with Crippen molar-refractivity contribution in [3.8, 4) is 5.75 Å². The number of amides is 1. The molecule has 0 spiro atoms. The first-order chi connectivity index (χ1) is 13.5. The fraction of sp³-hybridized carbons (Fsp3) is 0.381. The number of carbonyl (C=O) groups is 1. The molecule has 0 atom stereocenters. The van der Waals surface area contributed by atoms with Gasteiger partial charge in [0.05, 0.1) is 22.3 Å². The first-order valence-corrected chi connectivity index (χ1v) is 10.2.